The second-order valence-corrected chi connectivity index (χ2v) is 6.56. The number of likely N-dealkylation sites (tertiary alicyclic amines) is 1. The Kier molecular flexibility index (Phi) is 4.12. The van der Waals surface area contributed by atoms with Crippen molar-refractivity contribution in [3.05, 3.63) is 58.8 Å². The lowest BCUT2D eigenvalue weighted by atomic mass is 10.2. The second-order valence-electron chi connectivity index (χ2n) is 6.15. The molecule has 0 saturated carbocycles. The molecule has 6 heteroatoms. The summed E-state index contributed by atoms with van der Waals surface area (Å²) >= 11 is 6.25. The first kappa shape index (κ1) is 15.4. The molecule has 0 unspecified atom stereocenters. The highest BCUT2D eigenvalue weighted by Gasteiger charge is 2.29. The van der Waals surface area contributed by atoms with Crippen molar-refractivity contribution in [3.8, 4) is 11.3 Å². The summed E-state index contributed by atoms with van der Waals surface area (Å²) in [4.78, 5) is 6.87. The molecule has 0 amide bonds. The number of H-pyrrole nitrogens is 1. The minimum Gasteiger partial charge on any atom is -0.460 e. The summed E-state index contributed by atoms with van der Waals surface area (Å²) in [5.74, 6) is 3.47. The Morgan fingerprint density at radius 1 is 1.29 bits per heavy atom. The van der Waals surface area contributed by atoms with Crippen molar-refractivity contribution in [1.82, 2.24) is 20.1 Å². The Morgan fingerprint density at radius 2 is 2.17 bits per heavy atom. The lowest BCUT2D eigenvalue weighted by Gasteiger charge is -2.20. The SMILES string of the molecule is Cc1nc([C@H]2CCCN2Cc2ccc(-c3ccccc3Cl)o2)n[nH]1. The van der Waals surface area contributed by atoms with Crippen LogP contribution in [0.2, 0.25) is 5.02 Å². The van der Waals surface area contributed by atoms with Gasteiger partial charge >= 0.3 is 0 Å². The summed E-state index contributed by atoms with van der Waals surface area (Å²) < 4.78 is 6.03. The first-order chi connectivity index (χ1) is 11.7. The zero-order valence-corrected chi connectivity index (χ0v) is 14.3. The number of hydrogen-bond donors (Lipinski definition) is 1. The van der Waals surface area contributed by atoms with E-state index in [1.165, 1.54) is 0 Å². The normalized spacial score (nSPS) is 18.3. The third-order valence-electron chi connectivity index (χ3n) is 4.44. The van der Waals surface area contributed by atoms with Gasteiger partial charge < -0.3 is 4.42 Å². The fraction of sp³-hybridized carbons (Fsp3) is 0.333. The van der Waals surface area contributed by atoms with Crippen LogP contribution in [-0.4, -0.2) is 26.6 Å². The van der Waals surface area contributed by atoms with Gasteiger partial charge in [0.2, 0.25) is 0 Å². The van der Waals surface area contributed by atoms with Crippen LogP contribution in [0.4, 0.5) is 0 Å². The number of aryl methyl sites for hydroxylation is 1. The van der Waals surface area contributed by atoms with Crippen LogP contribution >= 0.6 is 11.6 Å². The molecule has 24 heavy (non-hydrogen) atoms. The molecule has 1 aromatic carbocycles. The van der Waals surface area contributed by atoms with E-state index in [0.29, 0.717) is 5.02 Å². The summed E-state index contributed by atoms with van der Waals surface area (Å²) in [6, 6.07) is 12.0. The minimum atomic E-state index is 0.254. The third kappa shape index (κ3) is 2.97. The van der Waals surface area contributed by atoms with Crippen molar-refractivity contribution < 1.29 is 4.42 Å². The molecule has 0 spiro atoms. The number of nitrogens with one attached hydrogen (secondary N) is 1. The van der Waals surface area contributed by atoms with Crippen molar-refractivity contribution in [3.63, 3.8) is 0 Å². The summed E-state index contributed by atoms with van der Waals surface area (Å²) in [6.07, 6.45) is 2.23. The summed E-state index contributed by atoms with van der Waals surface area (Å²) in [5.41, 5.74) is 0.924. The number of hydrogen-bond acceptors (Lipinski definition) is 4. The average molecular weight is 343 g/mol. The molecule has 3 heterocycles. The molecule has 4 rings (SSSR count). The standard InChI is InChI=1S/C18H19ClN4O/c1-12-20-18(22-21-12)16-7-4-10-23(16)11-13-8-9-17(24-13)14-5-2-3-6-15(14)19/h2-3,5-6,8-9,16H,4,7,10-11H2,1H3,(H,20,21,22)/t16-/m1/s1. The molecule has 0 aliphatic carbocycles. The molecule has 0 bridgehead atoms. The smallest absolute Gasteiger partial charge is 0.167 e. The van der Waals surface area contributed by atoms with Crippen LogP contribution in [0.15, 0.2) is 40.8 Å². The molecule has 1 N–H and O–H groups in total. The maximum atomic E-state index is 6.25. The highest BCUT2D eigenvalue weighted by molar-refractivity contribution is 6.33. The molecule has 124 valence electrons. The van der Waals surface area contributed by atoms with Gasteiger partial charge in [0, 0.05) is 5.56 Å². The third-order valence-corrected chi connectivity index (χ3v) is 4.77. The van der Waals surface area contributed by atoms with Gasteiger partial charge in [0.05, 0.1) is 17.6 Å². The lowest BCUT2D eigenvalue weighted by Crippen LogP contribution is -2.23. The number of rotatable bonds is 4. The van der Waals surface area contributed by atoms with Crippen LogP contribution in [-0.2, 0) is 6.54 Å². The van der Waals surface area contributed by atoms with Gasteiger partial charge in [-0.25, -0.2) is 4.98 Å². The molecule has 5 nitrogen and oxygen atoms in total. The van der Waals surface area contributed by atoms with Crippen LogP contribution in [0.1, 0.15) is 36.3 Å². The molecule has 1 aliphatic rings. The number of nitrogens with zero attached hydrogens (tertiary/aromatic N) is 3. The predicted octanol–water partition coefficient (Wildman–Crippen LogP) is 4.36. The quantitative estimate of drug-likeness (QED) is 0.765. The second kappa shape index (κ2) is 6.42. The Morgan fingerprint density at radius 3 is 2.96 bits per heavy atom. The number of aromatic nitrogens is 3. The van der Waals surface area contributed by atoms with E-state index in [4.69, 9.17) is 16.0 Å². The highest BCUT2D eigenvalue weighted by Crippen LogP contribution is 2.33. The van der Waals surface area contributed by atoms with E-state index in [2.05, 4.69) is 20.1 Å². The monoisotopic (exact) mass is 342 g/mol. The molecule has 1 saturated heterocycles. The lowest BCUT2D eigenvalue weighted by molar-refractivity contribution is 0.222. The van der Waals surface area contributed by atoms with E-state index in [0.717, 1.165) is 54.7 Å². The van der Waals surface area contributed by atoms with Crippen molar-refractivity contribution in [1.29, 1.82) is 0 Å². The Hall–Kier alpha value is -2.11. The van der Waals surface area contributed by atoms with E-state index in [9.17, 15) is 0 Å². The van der Waals surface area contributed by atoms with Crippen LogP contribution < -0.4 is 0 Å². The maximum Gasteiger partial charge on any atom is 0.167 e. The van der Waals surface area contributed by atoms with E-state index < -0.39 is 0 Å². The Balaban J connectivity index is 1.52. The van der Waals surface area contributed by atoms with E-state index in [1.807, 2.05) is 43.3 Å². The van der Waals surface area contributed by atoms with Crippen molar-refractivity contribution in [2.24, 2.45) is 0 Å². The number of benzene rings is 1. The Bertz CT molecular complexity index is 841. The summed E-state index contributed by atoms with van der Waals surface area (Å²) in [7, 11) is 0. The predicted molar refractivity (Wildman–Crippen MR) is 92.7 cm³/mol. The fourth-order valence-corrected chi connectivity index (χ4v) is 3.51. The van der Waals surface area contributed by atoms with Gasteiger partial charge in [-0.1, -0.05) is 23.7 Å². The molecular formula is C18H19ClN4O. The number of furan rings is 1. The first-order valence-electron chi connectivity index (χ1n) is 8.17. The maximum absolute atomic E-state index is 6.25. The largest absolute Gasteiger partial charge is 0.460 e. The van der Waals surface area contributed by atoms with Crippen molar-refractivity contribution >= 4 is 11.6 Å². The van der Waals surface area contributed by atoms with Gasteiger partial charge in [0.25, 0.3) is 0 Å². The molecule has 1 aliphatic heterocycles. The van der Waals surface area contributed by atoms with Gasteiger partial charge in [0.15, 0.2) is 5.82 Å². The van der Waals surface area contributed by atoms with Gasteiger partial charge in [-0.15, -0.1) is 0 Å². The summed E-state index contributed by atoms with van der Waals surface area (Å²) in [6.45, 7) is 3.71. The average Bonchev–Trinajstić information content (AvgIpc) is 3.29. The minimum absolute atomic E-state index is 0.254. The Labute approximate surface area is 145 Å². The molecule has 2 aromatic heterocycles. The number of aromatic amines is 1. The van der Waals surface area contributed by atoms with Crippen molar-refractivity contribution in [2.75, 3.05) is 6.54 Å². The van der Waals surface area contributed by atoms with Gasteiger partial charge in [0.1, 0.15) is 17.3 Å². The van der Waals surface area contributed by atoms with Crippen LogP contribution in [0.3, 0.4) is 0 Å². The number of halogens is 1. The molecule has 0 radical (unpaired) electrons. The zero-order chi connectivity index (χ0) is 16.5. The molecule has 3 aromatic rings. The van der Waals surface area contributed by atoms with Gasteiger partial charge in [-0.2, -0.15) is 5.10 Å². The van der Waals surface area contributed by atoms with E-state index in [-0.39, 0.29) is 6.04 Å². The zero-order valence-electron chi connectivity index (χ0n) is 13.5. The van der Waals surface area contributed by atoms with Gasteiger partial charge in [-0.3, -0.25) is 10.00 Å². The van der Waals surface area contributed by atoms with Crippen LogP contribution in [0.5, 0.6) is 0 Å². The molecule has 1 fully saturated rings. The highest BCUT2D eigenvalue weighted by atomic mass is 35.5. The van der Waals surface area contributed by atoms with Gasteiger partial charge in [-0.05, 0) is 50.6 Å². The molecule has 1 atom stereocenters. The van der Waals surface area contributed by atoms with E-state index in [1.54, 1.807) is 0 Å². The van der Waals surface area contributed by atoms with Crippen molar-refractivity contribution in [2.45, 2.75) is 32.4 Å². The van der Waals surface area contributed by atoms with Crippen LogP contribution in [0.25, 0.3) is 11.3 Å². The first-order valence-corrected chi connectivity index (χ1v) is 8.55. The topological polar surface area (TPSA) is 58.0 Å². The van der Waals surface area contributed by atoms with Crippen LogP contribution in [0, 0.1) is 6.92 Å². The van der Waals surface area contributed by atoms with E-state index >= 15 is 0 Å². The summed E-state index contributed by atoms with van der Waals surface area (Å²) in [5, 5.41) is 7.97. The molecular weight excluding hydrogens is 324 g/mol. The fourth-order valence-electron chi connectivity index (χ4n) is 3.29.